The first-order valence-electron chi connectivity index (χ1n) is 7.25. The van der Waals surface area contributed by atoms with E-state index < -0.39 is 0 Å². The molecule has 1 fully saturated rings. The fraction of sp³-hybridized carbons (Fsp3) is 0.643. The van der Waals surface area contributed by atoms with Crippen LogP contribution in [0.25, 0.3) is 11.2 Å². The Labute approximate surface area is 122 Å². The minimum Gasteiger partial charge on any atom is -0.476 e. The first-order chi connectivity index (χ1) is 10.2. The SMILES string of the molecule is CC(C)COc1ncnc2c1ncn2C1CCC(CO)O1. The molecule has 2 unspecified atom stereocenters. The molecule has 7 heteroatoms. The highest BCUT2D eigenvalue weighted by molar-refractivity contribution is 5.75. The van der Waals surface area contributed by atoms with Gasteiger partial charge in [0.2, 0.25) is 5.88 Å². The number of hydrogen-bond acceptors (Lipinski definition) is 6. The highest BCUT2D eigenvalue weighted by atomic mass is 16.5. The van der Waals surface area contributed by atoms with Crippen molar-refractivity contribution in [1.82, 2.24) is 19.5 Å². The van der Waals surface area contributed by atoms with Gasteiger partial charge in [0.15, 0.2) is 11.2 Å². The maximum Gasteiger partial charge on any atom is 0.245 e. The average Bonchev–Trinajstić information content (AvgIpc) is 3.10. The molecule has 1 aliphatic heterocycles. The van der Waals surface area contributed by atoms with Crippen molar-refractivity contribution in [3.05, 3.63) is 12.7 Å². The summed E-state index contributed by atoms with van der Waals surface area (Å²) in [4.78, 5) is 12.8. The molecule has 3 heterocycles. The zero-order valence-electron chi connectivity index (χ0n) is 12.3. The standard InChI is InChI=1S/C14H20N4O3/c1-9(2)6-20-14-12-13(15-7-16-14)18(8-17-12)11-4-3-10(5-19)21-11/h7-11,19H,3-6H2,1-2H3. The molecule has 0 aliphatic carbocycles. The summed E-state index contributed by atoms with van der Waals surface area (Å²) in [6.07, 6.45) is 4.61. The Morgan fingerprint density at radius 2 is 2.24 bits per heavy atom. The fourth-order valence-electron chi connectivity index (χ4n) is 2.42. The first kappa shape index (κ1) is 14.2. The Morgan fingerprint density at radius 3 is 2.95 bits per heavy atom. The van der Waals surface area contributed by atoms with Crippen LogP contribution in [0, 0.1) is 5.92 Å². The van der Waals surface area contributed by atoms with Crippen LogP contribution in [0.1, 0.15) is 32.9 Å². The number of aliphatic hydroxyl groups is 1. The topological polar surface area (TPSA) is 82.3 Å². The molecular formula is C14H20N4O3. The largest absolute Gasteiger partial charge is 0.476 e. The molecule has 0 aromatic carbocycles. The van der Waals surface area contributed by atoms with Crippen LogP contribution in [0.15, 0.2) is 12.7 Å². The Kier molecular flexibility index (Phi) is 4.03. The van der Waals surface area contributed by atoms with E-state index in [0.717, 1.165) is 12.8 Å². The quantitative estimate of drug-likeness (QED) is 0.900. The molecule has 0 amide bonds. The smallest absolute Gasteiger partial charge is 0.245 e. The van der Waals surface area contributed by atoms with Crippen molar-refractivity contribution in [1.29, 1.82) is 0 Å². The second kappa shape index (κ2) is 5.95. The number of imidazole rings is 1. The summed E-state index contributed by atoms with van der Waals surface area (Å²) in [5.41, 5.74) is 1.35. The van der Waals surface area contributed by atoms with Gasteiger partial charge in [-0.2, -0.15) is 4.98 Å². The van der Waals surface area contributed by atoms with Gasteiger partial charge < -0.3 is 14.6 Å². The molecule has 0 saturated carbocycles. The average molecular weight is 292 g/mol. The molecule has 0 radical (unpaired) electrons. The van der Waals surface area contributed by atoms with Crippen LogP contribution in [0.5, 0.6) is 5.88 Å². The van der Waals surface area contributed by atoms with Gasteiger partial charge in [-0.05, 0) is 18.8 Å². The molecule has 21 heavy (non-hydrogen) atoms. The lowest BCUT2D eigenvalue weighted by atomic mass is 10.2. The van der Waals surface area contributed by atoms with E-state index in [9.17, 15) is 0 Å². The lowest BCUT2D eigenvalue weighted by molar-refractivity contribution is -0.0207. The van der Waals surface area contributed by atoms with Crippen LogP contribution in [-0.4, -0.2) is 43.9 Å². The number of rotatable bonds is 5. The van der Waals surface area contributed by atoms with Crippen molar-refractivity contribution in [2.24, 2.45) is 5.92 Å². The van der Waals surface area contributed by atoms with Crippen molar-refractivity contribution < 1.29 is 14.6 Å². The predicted molar refractivity (Wildman–Crippen MR) is 75.9 cm³/mol. The number of aromatic nitrogens is 4. The molecule has 2 atom stereocenters. The molecule has 2 aromatic rings. The van der Waals surface area contributed by atoms with Gasteiger partial charge in [0, 0.05) is 0 Å². The Hall–Kier alpha value is -1.73. The monoisotopic (exact) mass is 292 g/mol. The molecule has 7 nitrogen and oxygen atoms in total. The van der Waals surface area contributed by atoms with Gasteiger partial charge in [0.25, 0.3) is 0 Å². The molecular weight excluding hydrogens is 272 g/mol. The predicted octanol–water partition coefficient (Wildman–Crippen LogP) is 1.53. The molecule has 0 bridgehead atoms. The van der Waals surface area contributed by atoms with Gasteiger partial charge in [-0.3, -0.25) is 4.57 Å². The molecule has 1 saturated heterocycles. The summed E-state index contributed by atoms with van der Waals surface area (Å²) in [5, 5.41) is 9.17. The van der Waals surface area contributed by atoms with Crippen LogP contribution in [0.2, 0.25) is 0 Å². The van der Waals surface area contributed by atoms with E-state index in [0.29, 0.717) is 29.6 Å². The number of hydrogen-bond donors (Lipinski definition) is 1. The van der Waals surface area contributed by atoms with Gasteiger partial charge in [-0.1, -0.05) is 13.8 Å². The van der Waals surface area contributed by atoms with E-state index in [2.05, 4.69) is 28.8 Å². The molecule has 0 spiro atoms. The van der Waals surface area contributed by atoms with Crippen molar-refractivity contribution in [2.75, 3.05) is 13.2 Å². The summed E-state index contributed by atoms with van der Waals surface area (Å²) >= 11 is 0. The maximum atomic E-state index is 9.17. The second-order valence-corrected chi connectivity index (χ2v) is 5.68. The van der Waals surface area contributed by atoms with Crippen molar-refractivity contribution >= 4 is 11.2 Å². The van der Waals surface area contributed by atoms with Gasteiger partial charge >= 0.3 is 0 Å². The fourth-order valence-corrected chi connectivity index (χ4v) is 2.42. The Morgan fingerprint density at radius 1 is 1.38 bits per heavy atom. The van der Waals surface area contributed by atoms with Gasteiger partial charge in [-0.25, -0.2) is 9.97 Å². The highest BCUT2D eigenvalue weighted by Crippen LogP contribution is 2.31. The van der Waals surface area contributed by atoms with E-state index >= 15 is 0 Å². The summed E-state index contributed by atoms with van der Waals surface area (Å²) in [5.74, 6) is 0.921. The van der Waals surface area contributed by atoms with Gasteiger partial charge in [0.05, 0.1) is 25.6 Å². The number of ether oxygens (including phenoxy) is 2. The number of fused-ring (bicyclic) bond motifs is 1. The van der Waals surface area contributed by atoms with Gasteiger partial charge in [0.1, 0.15) is 12.6 Å². The zero-order valence-corrected chi connectivity index (χ0v) is 12.3. The number of aliphatic hydroxyl groups excluding tert-OH is 1. The lowest BCUT2D eigenvalue weighted by Gasteiger charge is -2.14. The summed E-state index contributed by atoms with van der Waals surface area (Å²) < 4.78 is 13.3. The third-order valence-corrected chi connectivity index (χ3v) is 3.48. The minimum atomic E-state index is -0.139. The molecule has 114 valence electrons. The van der Waals surface area contributed by atoms with Crippen molar-refractivity contribution in [3.63, 3.8) is 0 Å². The van der Waals surface area contributed by atoms with E-state index in [1.807, 2.05) is 4.57 Å². The zero-order chi connectivity index (χ0) is 14.8. The maximum absolute atomic E-state index is 9.17. The van der Waals surface area contributed by atoms with E-state index in [4.69, 9.17) is 14.6 Å². The minimum absolute atomic E-state index is 0.0425. The summed E-state index contributed by atoms with van der Waals surface area (Å²) in [6.45, 7) is 4.79. The Bertz CT molecular complexity index is 613. The van der Waals surface area contributed by atoms with Crippen LogP contribution in [0.3, 0.4) is 0 Å². The number of nitrogens with zero attached hydrogens (tertiary/aromatic N) is 4. The highest BCUT2D eigenvalue weighted by Gasteiger charge is 2.27. The molecule has 1 aliphatic rings. The summed E-state index contributed by atoms with van der Waals surface area (Å²) in [6, 6.07) is 0. The van der Waals surface area contributed by atoms with Gasteiger partial charge in [-0.15, -0.1) is 0 Å². The Balaban J connectivity index is 1.87. The molecule has 3 rings (SSSR count). The van der Waals surface area contributed by atoms with Crippen LogP contribution in [0.4, 0.5) is 0 Å². The van der Waals surface area contributed by atoms with E-state index in [1.54, 1.807) is 6.33 Å². The van der Waals surface area contributed by atoms with E-state index in [-0.39, 0.29) is 18.9 Å². The third-order valence-electron chi connectivity index (χ3n) is 3.48. The molecule has 1 N–H and O–H groups in total. The van der Waals surface area contributed by atoms with E-state index in [1.165, 1.54) is 6.33 Å². The third kappa shape index (κ3) is 2.84. The van der Waals surface area contributed by atoms with Crippen LogP contribution in [-0.2, 0) is 4.74 Å². The first-order valence-corrected chi connectivity index (χ1v) is 7.25. The van der Waals surface area contributed by atoms with Crippen LogP contribution < -0.4 is 4.74 Å². The van der Waals surface area contributed by atoms with Crippen molar-refractivity contribution in [2.45, 2.75) is 39.0 Å². The normalized spacial score (nSPS) is 22.3. The van der Waals surface area contributed by atoms with Crippen LogP contribution >= 0.6 is 0 Å². The summed E-state index contributed by atoms with van der Waals surface area (Å²) in [7, 11) is 0. The van der Waals surface area contributed by atoms with Crippen molar-refractivity contribution in [3.8, 4) is 5.88 Å². The lowest BCUT2D eigenvalue weighted by Crippen LogP contribution is -2.14. The second-order valence-electron chi connectivity index (χ2n) is 5.68. The molecule has 2 aromatic heterocycles.